The van der Waals surface area contributed by atoms with Crippen molar-refractivity contribution in [1.29, 1.82) is 5.26 Å². The summed E-state index contributed by atoms with van der Waals surface area (Å²) in [4.78, 5) is 27.3. The van der Waals surface area contributed by atoms with Crippen molar-refractivity contribution in [1.82, 2.24) is 10.3 Å². The Kier molecular flexibility index (Phi) is 4.58. The van der Waals surface area contributed by atoms with Crippen LogP contribution < -0.4 is 5.32 Å². The number of benzene rings is 1. The van der Waals surface area contributed by atoms with E-state index in [9.17, 15) is 9.59 Å². The van der Waals surface area contributed by atoms with Crippen molar-refractivity contribution in [2.75, 3.05) is 0 Å². The van der Waals surface area contributed by atoms with Crippen molar-refractivity contribution in [2.45, 2.75) is 13.0 Å². The number of hydrogen-bond acceptors (Lipinski definition) is 5. The first-order valence-electron chi connectivity index (χ1n) is 5.88. The Balaban J connectivity index is 1.97. The number of aromatic nitrogens is 1. The molecular formula is C14H11N3O2S. The Morgan fingerprint density at radius 1 is 1.30 bits per heavy atom. The molecule has 1 amide bonds. The lowest BCUT2D eigenvalue weighted by atomic mass is 10.2. The van der Waals surface area contributed by atoms with Crippen molar-refractivity contribution >= 4 is 23.0 Å². The van der Waals surface area contributed by atoms with Crippen LogP contribution in [-0.4, -0.2) is 16.7 Å². The molecule has 100 valence electrons. The van der Waals surface area contributed by atoms with Crippen molar-refractivity contribution in [3.05, 3.63) is 52.0 Å². The molecule has 1 N–H and O–H groups in total. The van der Waals surface area contributed by atoms with Crippen molar-refractivity contribution in [3.63, 3.8) is 0 Å². The van der Waals surface area contributed by atoms with E-state index in [-0.39, 0.29) is 28.8 Å². The number of nitrogens with one attached hydrogen (secondary N) is 1. The molecule has 1 aromatic heterocycles. The largest absolute Gasteiger partial charge is 0.347 e. The van der Waals surface area contributed by atoms with E-state index in [4.69, 9.17) is 5.26 Å². The van der Waals surface area contributed by atoms with E-state index in [1.165, 1.54) is 5.38 Å². The van der Waals surface area contributed by atoms with Gasteiger partial charge in [0.1, 0.15) is 12.1 Å². The molecule has 0 unspecified atom stereocenters. The molecule has 0 spiro atoms. The molecule has 0 saturated heterocycles. The third-order valence-corrected chi connectivity index (χ3v) is 3.39. The molecule has 1 aromatic carbocycles. The summed E-state index contributed by atoms with van der Waals surface area (Å²) in [5, 5.41) is 12.9. The summed E-state index contributed by atoms with van der Waals surface area (Å²) in [6, 6.07) is 11.3. The first kappa shape index (κ1) is 13.9. The first-order valence-corrected chi connectivity index (χ1v) is 6.76. The molecular weight excluding hydrogens is 274 g/mol. The Hall–Kier alpha value is -2.52. The predicted octanol–water partition coefficient (Wildman–Crippen LogP) is 2.17. The standard InChI is InChI=1S/C14H11N3O2S/c15-7-6-12(18)14-17-11(9-20-14)13(19)16-8-10-4-2-1-3-5-10/h1-5,9H,6,8H2,(H,16,19). The summed E-state index contributed by atoms with van der Waals surface area (Å²) >= 11 is 1.08. The minimum Gasteiger partial charge on any atom is -0.347 e. The molecule has 0 fully saturated rings. The highest BCUT2D eigenvalue weighted by atomic mass is 32.1. The molecule has 2 aromatic rings. The van der Waals surface area contributed by atoms with Gasteiger partial charge in [0.05, 0.1) is 6.07 Å². The second-order valence-electron chi connectivity index (χ2n) is 3.96. The van der Waals surface area contributed by atoms with E-state index in [0.29, 0.717) is 6.54 Å². The molecule has 0 aliphatic carbocycles. The Bertz CT molecular complexity index is 659. The van der Waals surface area contributed by atoms with Gasteiger partial charge in [-0.1, -0.05) is 30.3 Å². The summed E-state index contributed by atoms with van der Waals surface area (Å²) in [5.41, 5.74) is 1.18. The van der Waals surface area contributed by atoms with E-state index >= 15 is 0 Å². The maximum absolute atomic E-state index is 11.9. The van der Waals surface area contributed by atoms with Gasteiger partial charge in [0.25, 0.3) is 5.91 Å². The molecule has 0 atom stereocenters. The maximum atomic E-state index is 11.9. The number of carbonyl (C=O) groups is 2. The fourth-order valence-corrected chi connectivity index (χ4v) is 2.26. The van der Waals surface area contributed by atoms with E-state index in [1.54, 1.807) is 6.07 Å². The highest BCUT2D eigenvalue weighted by Gasteiger charge is 2.14. The predicted molar refractivity (Wildman–Crippen MR) is 74.3 cm³/mol. The van der Waals surface area contributed by atoms with Crippen LogP contribution in [0.5, 0.6) is 0 Å². The molecule has 0 bridgehead atoms. The quantitative estimate of drug-likeness (QED) is 0.853. The highest BCUT2D eigenvalue weighted by molar-refractivity contribution is 7.12. The molecule has 5 nitrogen and oxygen atoms in total. The number of carbonyl (C=O) groups excluding carboxylic acids is 2. The number of amides is 1. The van der Waals surface area contributed by atoms with Gasteiger partial charge >= 0.3 is 0 Å². The average molecular weight is 285 g/mol. The molecule has 0 radical (unpaired) electrons. The third-order valence-electron chi connectivity index (χ3n) is 2.51. The summed E-state index contributed by atoms with van der Waals surface area (Å²) in [6.07, 6.45) is -0.224. The number of nitrogens with zero attached hydrogens (tertiary/aromatic N) is 2. The molecule has 2 rings (SSSR count). The van der Waals surface area contributed by atoms with E-state index in [1.807, 2.05) is 30.3 Å². The van der Waals surface area contributed by atoms with Crippen LogP contribution in [0.1, 0.15) is 32.3 Å². The number of ketones is 1. The number of rotatable bonds is 5. The van der Waals surface area contributed by atoms with Gasteiger partial charge in [0.2, 0.25) is 5.78 Å². The molecule has 6 heteroatoms. The number of hydrogen-bond donors (Lipinski definition) is 1. The number of thiazole rings is 1. The van der Waals surface area contributed by atoms with E-state index in [0.717, 1.165) is 16.9 Å². The lowest BCUT2D eigenvalue weighted by Gasteiger charge is -2.02. The topological polar surface area (TPSA) is 82.8 Å². The zero-order valence-electron chi connectivity index (χ0n) is 10.5. The Morgan fingerprint density at radius 3 is 2.75 bits per heavy atom. The molecule has 20 heavy (non-hydrogen) atoms. The van der Waals surface area contributed by atoms with Crippen LogP contribution in [0.15, 0.2) is 35.7 Å². The monoisotopic (exact) mass is 285 g/mol. The summed E-state index contributed by atoms with van der Waals surface area (Å²) in [7, 11) is 0. The summed E-state index contributed by atoms with van der Waals surface area (Å²) in [5.74, 6) is -0.694. The number of nitriles is 1. The van der Waals surface area contributed by atoms with Crippen molar-refractivity contribution in [3.8, 4) is 6.07 Å². The normalized spacial score (nSPS) is 9.75. The first-order chi connectivity index (χ1) is 9.70. The van der Waals surface area contributed by atoms with Gasteiger partial charge in [0, 0.05) is 11.9 Å². The average Bonchev–Trinajstić information content (AvgIpc) is 2.96. The molecule has 1 heterocycles. The third kappa shape index (κ3) is 3.49. The van der Waals surface area contributed by atoms with Crippen LogP contribution in [0.4, 0.5) is 0 Å². The van der Waals surface area contributed by atoms with Gasteiger partial charge in [0.15, 0.2) is 5.01 Å². The van der Waals surface area contributed by atoms with Gasteiger partial charge < -0.3 is 5.32 Å². The zero-order valence-corrected chi connectivity index (χ0v) is 11.3. The van der Waals surface area contributed by atoms with Gasteiger partial charge in [-0.15, -0.1) is 11.3 Å². The van der Waals surface area contributed by atoms with Gasteiger partial charge in [-0.25, -0.2) is 4.98 Å². The maximum Gasteiger partial charge on any atom is 0.271 e. The van der Waals surface area contributed by atoms with Crippen LogP contribution in [0.3, 0.4) is 0 Å². The molecule has 0 aliphatic rings. The smallest absolute Gasteiger partial charge is 0.271 e. The van der Waals surface area contributed by atoms with Crippen LogP contribution in [0, 0.1) is 11.3 Å². The minimum atomic E-state index is -0.361. The molecule has 0 saturated carbocycles. The lowest BCUT2D eigenvalue weighted by Crippen LogP contribution is -2.23. The van der Waals surface area contributed by atoms with Crippen molar-refractivity contribution < 1.29 is 9.59 Å². The fraction of sp³-hybridized carbons (Fsp3) is 0.143. The summed E-state index contributed by atoms with van der Waals surface area (Å²) in [6.45, 7) is 0.401. The van der Waals surface area contributed by atoms with Crippen LogP contribution >= 0.6 is 11.3 Å². The van der Waals surface area contributed by atoms with E-state index < -0.39 is 0 Å². The van der Waals surface area contributed by atoms with Gasteiger partial charge in [-0.05, 0) is 5.56 Å². The minimum absolute atomic E-state index is 0.191. The molecule has 0 aliphatic heterocycles. The van der Waals surface area contributed by atoms with Crippen LogP contribution in [0.25, 0.3) is 0 Å². The second-order valence-corrected chi connectivity index (χ2v) is 4.82. The SMILES string of the molecule is N#CCC(=O)c1nc(C(=O)NCc2ccccc2)cs1. The van der Waals surface area contributed by atoms with Crippen molar-refractivity contribution in [2.24, 2.45) is 0 Å². The van der Waals surface area contributed by atoms with Crippen LogP contribution in [0.2, 0.25) is 0 Å². The zero-order chi connectivity index (χ0) is 14.4. The number of Topliss-reactive ketones (excluding diaryl/α,β-unsaturated/α-hetero) is 1. The van der Waals surface area contributed by atoms with Gasteiger partial charge in [-0.2, -0.15) is 5.26 Å². The highest BCUT2D eigenvalue weighted by Crippen LogP contribution is 2.12. The fourth-order valence-electron chi connectivity index (χ4n) is 1.52. The Labute approximate surface area is 119 Å². The Morgan fingerprint density at radius 2 is 2.05 bits per heavy atom. The van der Waals surface area contributed by atoms with E-state index in [2.05, 4.69) is 10.3 Å². The lowest BCUT2D eigenvalue weighted by molar-refractivity contribution is 0.0946. The van der Waals surface area contributed by atoms with Gasteiger partial charge in [-0.3, -0.25) is 9.59 Å². The summed E-state index contributed by atoms with van der Waals surface area (Å²) < 4.78 is 0. The second kappa shape index (κ2) is 6.59. The van der Waals surface area contributed by atoms with Crippen LogP contribution in [-0.2, 0) is 6.54 Å².